The molecule has 0 bridgehead atoms. The van der Waals surface area contributed by atoms with Crippen LogP contribution in [0.25, 0.3) is 22.4 Å². The quantitative estimate of drug-likeness (QED) is 0.305. The molecule has 2 aromatic carbocycles. The van der Waals surface area contributed by atoms with Gasteiger partial charge in [0.25, 0.3) is 5.56 Å². The van der Waals surface area contributed by atoms with E-state index in [-0.39, 0.29) is 5.56 Å². The Hall–Kier alpha value is -3.71. The minimum Gasteiger partial charge on any atom is -0.268 e. The van der Waals surface area contributed by atoms with Gasteiger partial charge in [0, 0.05) is 23.7 Å². The molecule has 0 spiro atoms. The van der Waals surface area contributed by atoms with E-state index in [1.165, 1.54) is 11.8 Å². The Bertz CT molecular complexity index is 1430. The molecule has 0 fully saturated rings. The molecule has 5 aromatic rings. The predicted molar refractivity (Wildman–Crippen MR) is 123 cm³/mol. The number of para-hydroxylation sites is 2. The van der Waals surface area contributed by atoms with Crippen LogP contribution in [0.1, 0.15) is 11.1 Å². The van der Waals surface area contributed by atoms with E-state index in [1.54, 1.807) is 16.8 Å². The summed E-state index contributed by atoms with van der Waals surface area (Å²) in [5, 5.41) is 5.64. The molecule has 5 rings (SSSR count). The Kier molecular flexibility index (Phi) is 5.09. The molecule has 0 atom stereocenters. The van der Waals surface area contributed by atoms with Gasteiger partial charge >= 0.3 is 0 Å². The maximum absolute atomic E-state index is 13.3. The lowest BCUT2D eigenvalue weighted by Crippen LogP contribution is -2.22. The van der Waals surface area contributed by atoms with Crippen molar-refractivity contribution in [2.75, 3.05) is 0 Å². The van der Waals surface area contributed by atoms with Crippen LogP contribution in [0, 0.1) is 6.92 Å². The number of fused-ring (bicyclic) bond motifs is 1. The normalized spacial score (nSPS) is 11.1. The van der Waals surface area contributed by atoms with E-state index in [2.05, 4.69) is 10.1 Å². The smallest absolute Gasteiger partial charge is 0.267 e. The lowest BCUT2D eigenvalue weighted by atomic mass is 10.2. The van der Waals surface area contributed by atoms with Crippen molar-refractivity contribution >= 4 is 22.7 Å². The third-order valence-corrected chi connectivity index (χ3v) is 5.91. The van der Waals surface area contributed by atoms with Gasteiger partial charge in [0.2, 0.25) is 0 Å². The number of hydrogen-bond acceptors (Lipinski definition) is 5. The van der Waals surface area contributed by atoms with E-state index in [0.717, 1.165) is 16.8 Å². The molecule has 6 nitrogen and oxygen atoms in total. The maximum atomic E-state index is 13.3. The van der Waals surface area contributed by atoms with Crippen LogP contribution in [0.4, 0.5) is 0 Å². The lowest BCUT2D eigenvalue weighted by Gasteiger charge is -2.12. The molecule has 0 saturated heterocycles. The van der Waals surface area contributed by atoms with E-state index in [4.69, 9.17) is 4.98 Å². The van der Waals surface area contributed by atoms with Crippen LogP contribution in [0.3, 0.4) is 0 Å². The number of pyridine rings is 1. The van der Waals surface area contributed by atoms with Crippen molar-refractivity contribution in [3.8, 4) is 11.5 Å². The molecule has 7 heteroatoms. The fraction of sp³-hybridized carbons (Fsp3) is 0.0833. The Morgan fingerprint density at radius 2 is 1.81 bits per heavy atom. The Balaban J connectivity index is 1.53. The fourth-order valence-corrected chi connectivity index (χ4v) is 4.27. The van der Waals surface area contributed by atoms with Gasteiger partial charge in [-0.05, 0) is 48.9 Å². The van der Waals surface area contributed by atoms with E-state index in [9.17, 15) is 4.79 Å². The maximum Gasteiger partial charge on any atom is 0.267 e. The number of rotatable bonds is 5. The summed E-state index contributed by atoms with van der Waals surface area (Å²) < 4.78 is 3.44. The molecule has 3 heterocycles. The first-order valence-electron chi connectivity index (χ1n) is 9.86. The molecule has 0 aliphatic rings. The van der Waals surface area contributed by atoms with Gasteiger partial charge in [0.15, 0.2) is 5.16 Å². The van der Waals surface area contributed by atoms with Gasteiger partial charge < -0.3 is 0 Å². The molecule has 0 unspecified atom stereocenters. The van der Waals surface area contributed by atoms with Gasteiger partial charge in [0.1, 0.15) is 5.82 Å². The fourth-order valence-electron chi connectivity index (χ4n) is 3.36. The number of aromatic nitrogens is 5. The monoisotopic (exact) mass is 425 g/mol. The first kappa shape index (κ1) is 19.3. The van der Waals surface area contributed by atoms with Gasteiger partial charge in [0.05, 0.1) is 22.8 Å². The summed E-state index contributed by atoms with van der Waals surface area (Å²) in [5.41, 5.74) is 3.64. The largest absolute Gasteiger partial charge is 0.268 e. The van der Waals surface area contributed by atoms with Crippen molar-refractivity contribution < 1.29 is 0 Å². The number of nitrogens with zero attached hydrogens (tertiary/aromatic N) is 5. The highest BCUT2D eigenvalue weighted by Crippen LogP contribution is 2.24. The third kappa shape index (κ3) is 3.87. The van der Waals surface area contributed by atoms with Crippen LogP contribution < -0.4 is 5.56 Å². The van der Waals surface area contributed by atoms with Crippen molar-refractivity contribution in [1.29, 1.82) is 0 Å². The van der Waals surface area contributed by atoms with E-state index >= 15 is 0 Å². The summed E-state index contributed by atoms with van der Waals surface area (Å²) in [6.45, 7) is 1.98. The Labute approximate surface area is 183 Å². The van der Waals surface area contributed by atoms with Crippen molar-refractivity contribution in [2.24, 2.45) is 0 Å². The predicted octanol–water partition coefficient (Wildman–Crippen LogP) is 4.57. The molecule has 0 amide bonds. The molecule has 152 valence electrons. The van der Waals surface area contributed by atoms with Gasteiger partial charge in [-0.15, -0.1) is 0 Å². The summed E-state index contributed by atoms with van der Waals surface area (Å²) >= 11 is 1.50. The first-order chi connectivity index (χ1) is 15.2. The molecular formula is C24H19N5OS. The van der Waals surface area contributed by atoms with Gasteiger partial charge in [-0.3, -0.25) is 4.79 Å². The van der Waals surface area contributed by atoms with E-state index in [0.29, 0.717) is 27.6 Å². The second-order valence-electron chi connectivity index (χ2n) is 7.16. The minimum absolute atomic E-state index is 0.119. The zero-order valence-corrected chi connectivity index (χ0v) is 17.7. The van der Waals surface area contributed by atoms with Gasteiger partial charge in [-0.2, -0.15) is 5.10 Å². The van der Waals surface area contributed by atoms with E-state index in [1.807, 2.05) is 84.7 Å². The molecule has 0 aliphatic carbocycles. The van der Waals surface area contributed by atoms with Gasteiger partial charge in [-0.25, -0.2) is 19.2 Å². The SMILES string of the molecule is Cc1ccnc(-n2c(SCc3cnn(-c4ccccc4)c3)nc3ccccc3c2=O)c1. The van der Waals surface area contributed by atoms with Gasteiger partial charge in [-0.1, -0.05) is 42.1 Å². The lowest BCUT2D eigenvalue weighted by molar-refractivity contribution is 0.794. The highest BCUT2D eigenvalue weighted by Gasteiger charge is 2.15. The highest BCUT2D eigenvalue weighted by atomic mass is 32.2. The molecule has 0 radical (unpaired) electrons. The summed E-state index contributed by atoms with van der Waals surface area (Å²) in [6, 6.07) is 21.2. The van der Waals surface area contributed by atoms with Crippen molar-refractivity contribution in [3.63, 3.8) is 0 Å². The average Bonchev–Trinajstić information content (AvgIpc) is 3.27. The Morgan fingerprint density at radius 1 is 1.00 bits per heavy atom. The second kappa shape index (κ2) is 8.20. The molecular weight excluding hydrogens is 406 g/mol. The number of thioether (sulfide) groups is 1. The van der Waals surface area contributed by atoms with Crippen molar-refractivity contribution in [1.82, 2.24) is 24.3 Å². The molecule has 3 aromatic heterocycles. The second-order valence-corrected chi connectivity index (χ2v) is 8.10. The number of benzene rings is 2. The van der Waals surface area contributed by atoms with Crippen LogP contribution in [0.15, 0.2) is 95.3 Å². The van der Waals surface area contributed by atoms with Crippen LogP contribution in [0.5, 0.6) is 0 Å². The Morgan fingerprint density at radius 3 is 2.65 bits per heavy atom. The molecule has 0 saturated carbocycles. The van der Waals surface area contributed by atoms with Crippen molar-refractivity contribution in [2.45, 2.75) is 17.8 Å². The van der Waals surface area contributed by atoms with Crippen LogP contribution in [-0.4, -0.2) is 24.3 Å². The molecule has 0 N–H and O–H groups in total. The highest BCUT2D eigenvalue weighted by molar-refractivity contribution is 7.98. The zero-order chi connectivity index (χ0) is 21.2. The zero-order valence-electron chi connectivity index (χ0n) is 16.8. The molecule has 31 heavy (non-hydrogen) atoms. The van der Waals surface area contributed by atoms with Crippen LogP contribution in [0.2, 0.25) is 0 Å². The van der Waals surface area contributed by atoms with Crippen LogP contribution >= 0.6 is 11.8 Å². The molecule has 0 aliphatic heterocycles. The van der Waals surface area contributed by atoms with Crippen molar-refractivity contribution in [3.05, 3.63) is 107 Å². The van der Waals surface area contributed by atoms with Crippen LogP contribution in [-0.2, 0) is 5.75 Å². The summed E-state index contributed by atoms with van der Waals surface area (Å²) in [6.07, 6.45) is 5.55. The summed E-state index contributed by atoms with van der Waals surface area (Å²) in [5.74, 6) is 1.20. The minimum atomic E-state index is -0.119. The summed E-state index contributed by atoms with van der Waals surface area (Å²) in [4.78, 5) is 22.5. The first-order valence-corrected chi connectivity index (χ1v) is 10.8. The van der Waals surface area contributed by atoms with E-state index < -0.39 is 0 Å². The summed E-state index contributed by atoms with van der Waals surface area (Å²) in [7, 11) is 0. The third-order valence-electron chi connectivity index (χ3n) is 4.90. The number of aryl methyl sites for hydroxylation is 1. The number of hydrogen-bond donors (Lipinski definition) is 0. The topological polar surface area (TPSA) is 65.6 Å². The standard InChI is InChI=1S/C24H19N5OS/c1-17-11-12-25-22(13-17)29-23(30)20-9-5-6-10-21(20)27-24(29)31-16-18-14-26-28(15-18)19-7-3-2-4-8-19/h2-15H,16H2,1H3. The average molecular weight is 426 g/mol.